The second-order valence-corrected chi connectivity index (χ2v) is 6.29. The Morgan fingerprint density at radius 2 is 2.17 bits per heavy atom. The minimum absolute atomic E-state index is 0.716. The van der Waals surface area contributed by atoms with E-state index in [4.69, 9.17) is 0 Å². The third-order valence-corrected chi connectivity index (χ3v) is 4.14. The van der Waals surface area contributed by atoms with E-state index in [1.165, 1.54) is 12.8 Å². The van der Waals surface area contributed by atoms with Crippen LogP contribution in [-0.4, -0.2) is 15.6 Å². The lowest BCUT2D eigenvalue weighted by Gasteiger charge is -2.05. The number of benzene rings is 1. The number of imidazole rings is 1. The number of hydrogen-bond donors (Lipinski definition) is 1. The van der Waals surface area contributed by atoms with Gasteiger partial charge in [-0.15, -0.1) is 0 Å². The van der Waals surface area contributed by atoms with Crippen LogP contribution in [0, 0.1) is 0 Å². The summed E-state index contributed by atoms with van der Waals surface area (Å²) in [5.41, 5.74) is 2.17. The van der Waals surface area contributed by atoms with Crippen LogP contribution in [-0.2, 0) is 6.54 Å². The first kappa shape index (κ1) is 12.4. The second-order valence-electron chi connectivity index (χ2n) is 4.52. The Morgan fingerprint density at radius 1 is 1.33 bits per heavy atom. The van der Waals surface area contributed by atoms with Crippen molar-refractivity contribution in [2.24, 2.45) is 0 Å². The Bertz CT molecular complexity index is 561. The van der Waals surface area contributed by atoms with Crippen LogP contribution in [0.25, 0.3) is 5.69 Å². The van der Waals surface area contributed by atoms with Gasteiger partial charge in [0.05, 0.1) is 17.7 Å². The molecule has 1 fully saturated rings. The first-order valence-corrected chi connectivity index (χ1v) is 7.52. The molecule has 1 aliphatic carbocycles. The van der Waals surface area contributed by atoms with E-state index in [2.05, 4.69) is 54.4 Å². The van der Waals surface area contributed by atoms with Gasteiger partial charge in [0, 0.05) is 27.7 Å². The van der Waals surface area contributed by atoms with Crippen molar-refractivity contribution < 1.29 is 0 Å². The van der Waals surface area contributed by atoms with E-state index in [0.717, 1.165) is 26.9 Å². The predicted octanol–water partition coefficient (Wildman–Crippen LogP) is 3.65. The molecule has 0 saturated heterocycles. The Balaban J connectivity index is 1.80. The normalized spacial score (nSPS) is 15.0. The van der Waals surface area contributed by atoms with E-state index >= 15 is 0 Å². The maximum Gasteiger partial charge on any atom is 0.0996 e. The van der Waals surface area contributed by atoms with E-state index < -0.39 is 0 Å². The predicted molar refractivity (Wildman–Crippen MR) is 78.8 cm³/mol. The molecular formula is C13H13Br2N3. The van der Waals surface area contributed by atoms with Gasteiger partial charge in [0.1, 0.15) is 0 Å². The van der Waals surface area contributed by atoms with Gasteiger partial charge in [-0.2, -0.15) is 0 Å². The van der Waals surface area contributed by atoms with Crippen molar-refractivity contribution in [2.45, 2.75) is 25.4 Å². The number of aromatic nitrogens is 2. The summed E-state index contributed by atoms with van der Waals surface area (Å²) in [5, 5.41) is 3.47. The molecule has 0 radical (unpaired) electrons. The minimum Gasteiger partial charge on any atom is -0.308 e. The van der Waals surface area contributed by atoms with E-state index in [1.807, 2.05) is 23.0 Å². The number of nitrogens with one attached hydrogen (secondary N) is 1. The fourth-order valence-electron chi connectivity index (χ4n) is 1.81. The van der Waals surface area contributed by atoms with Gasteiger partial charge in [-0.3, -0.25) is 0 Å². The largest absolute Gasteiger partial charge is 0.308 e. The Labute approximate surface area is 123 Å². The smallest absolute Gasteiger partial charge is 0.0996 e. The highest BCUT2D eigenvalue weighted by atomic mass is 79.9. The van der Waals surface area contributed by atoms with Crippen molar-refractivity contribution in [1.29, 1.82) is 0 Å². The van der Waals surface area contributed by atoms with Crippen molar-refractivity contribution in [2.75, 3.05) is 0 Å². The Hall–Kier alpha value is -0.650. The Morgan fingerprint density at radius 3 is 2.94 bits per heavy atom. The van der Waals surface area contributed by atoms with Gasteiger partial charge < -0.3 is 9.88 Å². The molecule has 0 unspecified atom stereocenters. The molecule has 3 rings (SSSR count). The van der Waals surface area contributed by atoms with Crippen molar-refractivity contribution in [3.05, 3.63) is 45.4 Å². The lowest BCUT2D eigenvalue weighted by atomic mass is 10.3. The van der Waals surface area contributed by atoms with Gasteiger partial charge in [0.2, 0.25) is 0 Å². The number of nitrogens with zero attached hydrogens (tertiary/aromatic N) is 2. The molecule has 1 aromatic heterocycles. The average Bonchev–Trinajstić information content (AvgIpc) is 3.08. The Kier molecular flexibility index (Phi) is 3.54. The van der Waals surface area contributed by atoms with Crippen LogP contribution < -0.4 is 5.32 Å². The molecule has 0 amide bonds. The van der Waals surface area contributed by atoms with Gasteiger partial charge >= 0.3 is 0 Å². The van der Waals surface area contributed by atoms with Crippen LogP contribution in [0.5, 0.6) is 0 Å². The standard InChI is InChI=1S/C13H13Br2N3/c14-9-1-4-12(15)13(5-9)18-7-11(17-8-18)6-16-10-2-3-10/h1,4-5,7-8,10,16H,2-3,6H2. The van der Waals surface area contributed by atoms with E-state index in [9.17, 15) is 0 Å². The molecule has 1 saturated carbocycles. The molecule has 1 heterocycles. The molecular weight excluding hydrogens is 358 g/mol. The van der Waals surface area contributed by atoms with Crippen LogP contribution in [0.15, 0.2) is 39.7 Å². The summed E-state index contributed by atoms with van der Waals surface area (Å²) in [7, 11) is 0. The maximum atomic E-state index is 4.43. The molecule has 0 bridgehead atoms. The molecule has 1 N–H and O–H groups in total. The average molecular weight is 371 g/mol. The summed E-state index contributed by atoms with van der Waals surface area (Å²) in [6, 6.07) is 6.83. The van der Waals surface area contributed by atoms with Crippen molar-refractivity contribution >= 4 is 31.9 Å². The fourth-order valence-corrected chi connectivity index (χ4v) is 2.61. The van der Waals surface area contributed by atoms with Crippen LogP contribution in [0.3, 0.4) is 0 Å². The third kappa shape index (κ3) is 2.84. The SMILES string of the molecule is Brc1ccc(Br)c(-n2cnc(CNC3CC3)c2)c1. The summed E-state index contributed by atoms with van der Waals surface area (Å²) in [6.07, 6.45) is 6.54. The van der Waals surface area contributed by atoms with Crippen LogP contribution in [0.2, 0.25) is 0 Å². The lowest BCUT2D eigenvalue weighted by molar-refractivity contribution is 0.677. The zero-order chi connectivity index (χ0) is 12.5. The van der Waals surface area contributed by atoms with Gasteiger partial charge in [-0.25, -0.2) is 4.98 Å². The first-order valence-electron chi connectivity index (χ1n) is 5.94. The number of rotatable bonds is 4. The molecule has 2 aromatic rings. The van der Waals surface area contributed by atoms with Gasteiger partial charge in [0.25, 0.3) is 0 Å². The van der Waals surface area contributed by atoms with Gasteiger partial charge in [0.15, 0.2) is 0 Å². The van der Waals surface area contributed by atoms with Crippen LogP contribution >= 0.6 is 31.9 Å². The van der Waals surface area contributed by atoms with Gasteiger partial charge in [-0.1, -0.05) is 15.9 Å². The summed E-state index contributed by atoms with van der Waals surface area (Å²) in [4.78, 5) is 4.43. The summed E-state index contributed by atoms with van der Waals surface area (Å²) in [6.45, 7) is 0.850. The molecule has 0 aliphatic heterocycles. The summed E-state index contributed by atoms with van der Waals surface area (Å²) in [5.74, 6) is 0. The van der Waals surface area contributed by atoms with E-state index in [0.29, 0.717) is 6.04 Å². The highest BCUT2D eigenvalue weighted by Crippen LogP contribution is 2.25. The monoisotopic (exact) mass is 369 g/mol. The minimum atomic E-state index is 0.716. The topological polar surface area (TPSA) is 29.9 Å². The van der Waals surface area contributed by atoms with E-state index in [1.54, 1.807) is 0 Å². The van der Waals surface area contributed by atoms with Crippen LogP contribution in [0.4, 0.5) is 0 Å². The fraction of sp³-hybridized carbons (Fsp3) is 0.308. The maximum absolute atomic E-state index is 4.43. The molecule has 0 spiro atoms. The molecule has 1 aliphatic rings. The highest BCUT2D eigenvalue weighted by Gasteiger charge is 2.20. The van der Waals surface area contributed by atoms with Crippen molar-refractivity contribution in [3.63, 3.8) is 0 Å². The van der Waals surface area contributed by atoms with Crippen LogP contribution in [0.1, 0.15) is 18.5 Å². The molecule has 1 aromatic carbocycles. The molecule has 94 valence electrons. The third-order valence-electron chi connectivity index (χ3n) is 2.97. The van der Waals surface area contributed by atoms with Crippen molar-refractivity contribution in [3.8, 4) is 5.69 Å². The molecule has 3 nitrogen and oxygen atoms in total. The summed E-state index contributed by atoms with van der Waals surface area (Å²) >= 11 is 7.06. The lowest BCUT2D eigenvalue weighted by Crippen LogP contribution is -2.15. The zero-order valence-electron chi connectivity index (χ0n) is 9.74. The highest BCUT2D eigenvalue weighted by molar-refractivity contribution is 9.11. The quantitative estimate of drug-likeness (QED) is 0.890. The number of hydrogen-bond acceptors (Lipinski definition) is 2. The molecule has 18 heavy (non-hydrogen) atoms. The second kappa shape index (κ2) is 5.15. The molecule has 0 atom stereocenters. The summed E-state index contributed by atoms with van der Waals surface area (Å²) < 4.78 is 4.16. The van der Waals surface area contributed by atoms with Gasteiger partial charge in [-0.05, 0) is 47.0 Å². The van der Waals surface area contributed by atoms with Crippen molar-refractivity contribution in [1.82, 2.24) is 14.9 Å². The zero-order valence-corrected chi connectivity index (χ0v) is 12.9. The first-order chi connectivity index (χ1) is 8.72. The molecule has 5 heteroatoms. The number of halogens is 2. The van der Waals surface area contributed by atoms with E-state index in [-0.39, 0.29) is 0 Å².